The van der Waals surface area contributed by atoms with Gasteiger partial charge >= 0.3 is 6.03 Å². The molecule has 0 saturated carbocycles. The van der Waals surface area contributed by atoms with Gasteiger partial charge in [0.05, 0.1) is 5.56 Å². The van der Waals surface area contributed by atoms with Crippen molar-refractivity contribution >= 4 is 29.2 Å². The van der Waals surface area contributed by atoms with Crippen molar-refractivity contribution in [1.82, 2.24) is 10.2 Å². The zero-order chi connectivity index (χ0) is 22.4. The lowest BCUT2D eigenvalue weighted by Crippen LogP contribution is -2.44. The molecule has 2 aromatic rings. The number of carbonyl (C=O) groups is 3. The van der Waals surface area contributed by atoms with E-state index in [2.05, 4.69) is 16.0 Å². The molecule has 1 fully saturated rings. The Kier molecular flexibility index (Phi) is 7.23. The summed E-state index contributed by atoms with van der Waals surface area (Å²) in [6, 6.07) is 11.1. The van der Waals surface area contributed by atoms with E-state index in [9.17, 15) is 18.8 Å². The number of hydrogen-bond acceptors (Lipinski definition) is 3. The lowest BCUT2D eigenvalue weighted by molar-refractivity contribution is -0.114. The summed E-state index contributed by atoms with van der Waals surface area (Å²) >= 11 is 0. The molecule has 0 bridgehead atoms. The maximum atomic E-state index is 14.3. The van der Waals surface area contributed by atoms with Crippen LogP contribution in [0.2, 0.25) is 0 Å². The molecule has 2 aromatic carbocycles. The average molecular weight is 426 g/mol. The van der Waals surface area contributed by atoms with Gasteiger partial charge in [-0.2, -0.15) is 0 Å². The van der Waals surface area contributed by atoms with Gasteiger partial charge in [0.1, 0.15) is 5.82 Å². The molecule has 7 nitrogen and oxygen atoms in total. The summed E-state index contributed by atoms with van der Waals surface area (Å²) in [5.74, 6) is -1.27. The second-order valence-electron chi connectivity index (χ2n) is 7.84. The fourth-order valence-corrected chi connectivity index (χ4v) is 3.61. The van der Waals surface area contributed by atoms with Gasteiger partial charge < -0.3 is 20.9 Å². The normalized spacial score (nSPS) is 15.8. The number of nitrogens with zero attached hydrogens (tertiary/aromatic N) is 1. The first-order chi connectivity index (χ1) is 14.8. The summed E-state index contributed by atoms with van der Waals surface area (Å²) in [5.41, 5.74) is 2.12. The molecule has 1 aliphatic rings. The van der Waals surface area contributed by atoms with Gasteiger partial charge in [0, 0.05) is 37.9 Å². The highest BCUT2D eigenvalue weighted by molar-refractivity contribution is 5.97. The predicted octanol–water partition coefficient (Wildman–Crippen LogP) is 3.77. The molecular formula is C23H27FN4O3. The molecule has 1 saturated heterocycles. The van der Waals surface area contributed by atoms with Crippen molar-refractivity contribution in [2.45, 2.75) is 26.7 Å². The summed E-state index contributed by atoms with van der Waals surface area (Å²) in [6.07, 6.45) is 1.63. The van der Waals surface area contributed by atoms with Crippen molar-refractivity contribution in [1.29, 1.82) is 0 Å². The third-order valence-corrected chi connectivity index (χ3v) is 5.18. The number of rotatable bonds is 5. The Balaban J connectivity index is 1.56. The maximum absolute atomic E-state index is 14.3. The molecule has 3 rings (SSSR count). The van der Waals surface area contributed by atoms with Crippen LogP contribution in [0, 0.1) is 18.7 Å². The first-order valence-corrected chi connectivity index (χ1v) is 10.3. The number of piperidine rings is 1. The Morgan fingerprint density at radius 3 is 2.48 bits per heavy atom. The number of nitrogens with one attached hydrogen (secondary N) is 3. The zero-order valence-corrected chi connectivity index (χ0v) is 17.7. The number of carbonyl (C=O) groups excluding carboxylic acids is 3. The van der Waals surface area contributed by atoms with Gasteiger partial charge in [0.15, 0.2) is 0 Å². The third-order valence-electron chi connectivity index (χ3n) is 5.18. The van der Waals surface area contributed by atoms with Crippen molar-refractivity contribution in [3.63, 3.8) is 0 Å². The highest BCUT2D eigenvalue weighted by Crippen LogP contribution is 2.22. The van der Waals surface area contributed by atoms with Gasteiger partial charge in [0.2, 0.25) is 5.91 Å². The molecule has 31 heavy (non-hydrogen) atoms. The number of urea groups is 1. The largest absolute Gasteiger partial charge is 0.338 e. The van der Waals surface area contributed by atoms with Gasteiger partial charge in [-0.25, -0.2) is 9.18 Å². The van der Waals surface area contributed by atoms with E-state index in [0.29, 0.717) is 31.0 Å². The molecule has 164 valence electrons. The monoisotopic (exact) mass is 426 g/mol. The van der Waals surface area contributed by atoms with Crippen molar-refractivity contribution in [2.24, 2.45) is 5.92 Å². The second-order valence-corrected chi connectivity index (χ2v) is 7.84. The van der Waals surface area contributed by atoms with E-state index in [1.807, 2.05) is 31.2 Å². The lowest BCUT2D eigenvalue weighted by Gasteiger charge is -2.33. The summed E-state index contributed by atoms with van der Waals surface area (Å²) in [4.78, 5) is 37.9. The van der Waals surface area contributed by atoms with Crippen molar-refractivity contribution in [3.8, 4) is 0 Å². The lowest BCUT2D eigenvalue weighted by atomic mass is 9.97. The summed E-state index contributed by atoms with van der Waals surface area (Å²) in [7, 11) is 0. The maximum Gasteiger partial charge on any atom is 0.319 e. The molecule has 8 heteroatoms. The van der Waals surface area contributed by atoms with Crippen LogP contribution in [0.4, 0.5) is 20.6 Å². The highest BCUT2D eigenvalue weighted by atomic mass is 19.1. The van der Waals surface area contributed by atoms with Gasteiger partial charge in [-0.05, 0) is 56.0 Å². The standard InChI is InChI=1S/C23H27FN4O3/c1-15-5-7-18(8-6-15)27-23(31)25-13-17-4-3-11-28(14-17)22(30)20-12-19(26-16(2)29)9-10-21(20)24/h5-10,12,17H,3-4,11,13-14H2,1-2H3,(H,26,29)(H2,25,27,31). The van der Waals surface area contributed by atoms with Gasteiger partial charge in [0.25, 0.3) is 5.91 Å². The Morgan fingerprint density at radius 2 is 1.77 bits per heavy atom. The van der Waals surface area contributed by atoms with E-state index in [-0.39, 0.29) is 23.4 Å². The van der Waals surface area contributed by atoms with E-state index in [4.69, 9.17) is 0 Å². The van der Waals surface area contributed by atoms with Crippen molar-refractivity contribution in [2.75, 3.05) is 30.3 Å². The number of aryl methyl sites for hydroxylation is 1. The number of amides is 4. The van der Waals surface area contributed by atoms with Crippen LogP contribution in [-0.2, 0) is 4.79 Å². The molecule has 0 spiro atoms. The fourth-order valence-electron chi connectivity index (χ4n) is 3.61. The highest BCUT2D eigenvalue weighted by Gasteiger charge is 2.26. The minimum atomic E-state index is -0.628. The predicted molar refractivity (Wildman–Crippen MR) is 118 cm³/mol. The van der Waals surface area contributed by atoms with E-state index < -0.39 is 11.7 Å². The molecule has 1 heterocycles. The first kappa shape index (κ1) is 22.3. The Hall–Kier alpha value is -3.42. The SMILES string of the molecule is CC(=O)Nc1ccc(F)c(C(=O)N2CCCC(CNC(=O)Nc3ccc(C)cc3)C2)c1. The molecule has 0 radical (unpaired) electrons. The van der Waals surface area contributed by atoms with Crippen LogP contribution in [0.3, 0.4) is 0 Å². The number of hydrogen-bond donors (Lipinski definition) is 3. The molecule has 0 aromatic heterocycles. The molecule has 1 atom stereocenters. The number of anilines is 2. The van der Waals surface area contributed by atoms with Gasteiger partial charge in [-0.1, -0.05) is 17.7 Å². The number of likely N-dealkylation sites (tertiary alicyclic amines) is 1. The Labute approximate surface area is 181 Å². The zero-order valence-electron chi connectivity index (χ0n) is 17.7. The number of benzene rings is 2. The number of halogens is 1. The van der Waals surface area contributed by atoms with Crippen LogP contribution in [0.5, 0.6) is 0 Å². The average Bonchev–Trinajstić information content (AvgIpc) is 2.74. The Morgan fingerprint density at radius 1 is 1.06 bits per heavy atom. The van der Waals surface area contributed by atoms with Crippen LogP contribution >= 0.6 is 0 Å². The second kappa shape index (κ2) is 10.1. The molecule has 4 amide bonds. The Bertz CT molecular complexity index is 962. The molecule has 3 N–H and O–H groups in total. The van der Waals surface area contributed by atoms with E-state index >= 15 is 0 Å². The molecular weight excluding hydrogens is 399 g/mol. The van der Waals surface area contributed by atoms with E-state index in [1.165, 1.54) is 25.1 Å². The third kappa shape index (κ3) is 6.28. The van der Waals surface area contributed by atoms with Gasteiger partial charge in [-0.3, -0.25) is 9.59 Å². The smallest absolute Gasteiger partial charge is 0.319 e. The fraction of sp³-hybridized carbons (Fsp3) is 0.348. The van der Waals surface area contributed by atoms with E-state index in [1.54, 1.807) is 4.90 Å². The minimum Gasteiger partial charge on any atom is -0.338 e. The van der Waals surface area contributed by atoms with Gasteiger partial charge in [-0.15, -0.1) is 0 Å². The van der Waals surface area contributed by atoms with Crippen LogP contribution in [0.15, 0.2) is 42.5 Å². The minimum absolute atomic E-state index is 0.0722. The summed E-state index contributed by atoms with van der Waals surface area (Å²) in [6.45, 7) is 4.68. The van der Waals surface area contributed by atoms with Crippen LogP contribution in [-0.4, -0.2) is 42.4 Å². The molecule has 1 unspecified atom stereocenters. The van der Waals surface area contributed by atoms with Crippen LogP contribution in [0.25, 0.3) is 0 Å². The molecule has 0 aliphatic carbocycles. The van der Waals surface area contributed by atoms with Crippen LogP contribution in [0.1, 0.15) is 35.7 Å². The van der Waals surface area contributed by atoms with Crippen LogP contribution < -0.4 is 16.0 Å². The molecule has 1 aliphatic heterocycles. The van der Waals surface area contributed by atoms with Crippen molar-refractivity contribution < 1.29 is 18.8 Å². The summed E-state index contributed by atoms with van der Waals surface area (Å²) < 4.78 is 14.3. The quantitative estimate of drug-likeness (QED) is 0.680. The summed E-state index contributed by atoms with van der Waals surface area (Å²) in [5, 5.41) is 8.19. The van der Waals surface area contributed by atoms with E-state index in [0.717, 1.165) is 18.4 Å². The topological polar surface area (TPSA) is 90.5 Å². The van der Waals surface area contributed by atoms with Crippen molar-refractivity contribution in [3.05, 3.63) is 59.4 Å². The first-order valence-electron chi connectivity index (χ1n) is 10.3.